The molecule has 0 saturated carbocycles. The Morgan fingerprint density at radius 2 is 1.23 bits per heavy atom. The van der Waals surface area contributed by atoms with Gasteiger partial charge in [-0.2, -0.15) is 0 Å². The van der Waals surface area contributed by atoms with Crippen molar-refractivity contribution in [2.24, 2.45) is 4.99 Å². The van der Waals surface area contributed by atoms with E-state index in [2.05, 4.69) is 198 Å². The van der Waals surface area contributed by atoms with Gasteiger partial charge in [0, 0.05) is 48.4 Å². The Morgan fingerprint density at radius 3 is 2.05 bits per heavy atom. The molecule has 8 aromatic carbocycles. The molecule has 0 bridgehead atoms. The van der Waals surface area contributed by atoms with Crippen molar-refractivity contribution in [1.29, 1.82) is 0 Å². The number of nitrogens with zero attached hydrogens (tertiary/aromatic N) is 2. The largest absolute Gasteiger partial charge is 0.455 e. The van der Waals surface area contributed by atoms with Gasteiger partial charge in [-0.15, -0.1) is 11.3 Å². The summed E-state index contributed by atoms with van der Waals surface area (Å²) in [5, 5.41) is 9.71. The zero-order valence-electron chi connectivity index (χ0n) is 30.7. The van der Waals surface area contributed by atoms with Gasteiger partial charge in [0.05, 0.1) is 27.3 Å². The van der Waals surface area contributed by atoms with Crippen molar-refractivity contribution >= 4 is 76.6 Å². The Kier molecular flexibility index (Phi) is 7.13. The topological polar surface area (TPSA) is 42.5 Å². The van der Waals surface area contributed by atoms with Crippen LogP contribution in [0.25, 0.3) is 81.8 Å². The highest BCUT2D eigenvalue weighted by Gasteiger charge is 2.30. The first-order valence-electron chi connectivity index (χ1n) is 19.3. The molecule has 5 heteroatoms. The highest BCUT2D eigenvalue weighted by Crippen LogP contribution is 2.47. The van der Waals surface area contributed by atoms with Crippen LogP contribution in [0.3, 0.4) is 0 Å². The summed E-state index contributed by atoms with van der Waals surface area (Å²) < 4.78 is 10.5. The summed E-state index contributed by atoms with van der Waals surface area (Å²) in [6.45, 7) is 0. The van der Waals surface area contributed by atoms with E-state index in [-0.39, 0.29) is 6.17 Å². The SMILES string of the molecule is c1ccc(-c2cc(-c3ccccc3)c3oc4cccc(C5=NC(c6ccc7c(c6)c6ccccc6n7-c6ccccc6)Nc6c5sc5ccccc65)c4c3c2)cc1. The normalized spacial score (nSPS) is 14.0. The molecule has 1 aliphatic heterocycles. The fourth-order valence-electron chi connectivity index (χ4n) is 8.83. The van der Waals surface area contributed by atoms with E-state index in [0.717, 1.165) is 71.7 Å². The molecule has 0 amide bonds. The summed E-state index contributed by atoms with van der Waals surface area (Å²) in [6, 6.07) is 67.0. The summed E-state index contributed by atoms with van der Waals surface area (Å²) in [4.78, 5) is 6.81. The molecule has 11 aromatic rings. The van der Waals surface area contributed by atoms with Gasteiger partial charge in [0.1, 0.15) is 17.3 Å². The number of furan rings is 1. The maximum Gasteiger partial charge on any atom is 0.145 e. The van der Waals surface area contributed by atoms with Crippen LogP contribution in [-0.2, 0) is 0 Å². The van der Waals surface area contributed by atoms with Gasteiger partial charge < -0.3 is 14.3 Å². The number of para-hydroxylation sites is 2. The fourth-order valence-corrected chi connectivity index (χ4v) is 10.0. The van der Waals surface area contributed by atoms with Crippen LogP contribution in [0.5, 0.6) is 0 Å². The van der Waals surface area contributed by atoms with Gasteiger partial charge in [0.25, 0.3) is 0 Å². The number of benzene rings is 8. The van der Waals surface area contributed by atoms with Crippen LogP contribution in [-0.4, -0.2) is 10.3 Å². The Hall–Kier alpha value is -7.21. The molecule has 0 spiro atoms. The van der Waals surface area contributed by atoms with E-state index >= 15 is 0 Å². The second-order valence-corrected chi connectivity index (χ2v) is 15.8. The van der Waals surface area contributed by atoms with E-state index in [4.69, 9.17) is 9.41 Å². The lowest BCUT2D eigenvalue weighted by Gasteiger charge is -2.25. The molecule has 0 saturated heterocycles. The Morgan fingerprint density at radius 1 is 0.526 bits per heavy atom. The van der Waals surface area contributed by atoms with Crippen LogP contribution in [0, 0.1) is 0 Å². The number of fused-ring (bicyclic) bond motifs is 9. The van der Waals surface area contributed by atoms with Crippen molar-refractivity contribution in [2.45, 2.75) is 6.17 Å². The summed E-state index contributed by atoms with van der Waals surface area (Å²) in [6.07, 6.45) is -0.318. The summed E-state index contributed by atoms with van der Waals surface area (Å²) in [7, 11) is 0. The van der Waals surface area contributed by atoms with Gasteiger partial charge >= 0.3 is 0 Å². The molecule has 12 rings (SSSR count). The Balaban J connectivity index is 1.11. The summed E-state index contributed by atoms with van der Waals surface area (Å²) in [5.41, 5.74) is 14.0. The molecular formula is C52H33N3OS. The molecule has 0 fully saturated rings. The molecule has 1 unspecified atom stereocenters. The van der Waals surface area contributed by atoms with Crippen molar-refractivity contribution < 1.29 is 4.42 Å². The molecule has 0 aliphatic carbocycles. The van der Waals surface area contributed by atoms with Gasteiger partial charge in [0.15, 0.2) is 0 Å². The average Bonchev–Trinajstić information content (AvgIpc) is 3.96. The number of aliphatic imine (C=N–C) groups is 1. The number of rotatable bonds is 5. The monoisotopic (exact) mass is 747 g/mol. The standard InChI is InChI=1S/C52H33N3OS/c1-4-15-32(16-5-1)35-30-40(33-17-6-2-7-18-33)50-42(31-35)47-39(23-14-25-45(47)56-50)49-51-48(38-22-11-13-26-46(38)57-51)53-52(54-49)34-27-28-44-41(29-34)37-21-10-12-24-43(37)55(44)36-19-8-3-9-20-36/h1-31,52-53H. The quantitative estimate of drug-likeness (QED) is 0.190. The molecule has 1 N–H and O–H groups in total. The van der Waals surface area contributed by atoms with E-state index in [1.807, 2.05) is 0 Å². The summed E-state index contributed by atoms with van der Waals surface area (Å²) >= 11 is 1.79. The first-order chi connectivity index (χ1) is 28.3. The Labute approximate surface area is 332 Å². The van der Waals surface area contributed by atoms with Crippen molar-refractivity contribution in [3.63, 3.8) is 0 Å². The molecule has 4 heterocycles. The average molecular weight is 748 g/mol. The highest BCUT2D eigenvalue weighted by atomic mass is 32.1. The third-order valence-corrected chi connectivity index (χ3v) is 12.6. The third kappa shape index (κ3) is 5.03. The fraction of sp³-hybridized carbons (Fsp3) is 0.0192. The molecule has 3 aromatic heterocycles. The van der Waals surface area contributed by atoms with Crippen LogP contribution in [0.15, 0.2) is 197 Å². The smallest absolute Gasteiger partial charge is 0.145 e. The molecule has 268 valence electrons. The number of aromatic nitrogens is 1. The minimum absolute atomic E-state index is 0.318. The molecule has 0 radical (unpaired) electrons. The van der Waals surface area contributed by atoms with Gasteiger partial charge in [-0.05, 0) is 76.9 Å². The minimum Gasteiger partial charge on any atom is -0.455 e. The minimum atomic E-state index is -0.318. The van der Waals surface area contributed by atoms with E-state index < -0.39 is 0 Å². The predicted molar refractivity (Wildman–Crippen MR) is 239 cm³/mol. The zero-order chi connectivity index (χ0) is 37.5. The Bertz CT molecular complexity index is 3380. The third-order valence-electron chi connectivity index (χ3n) is 11.4. The second-order valence-electron chi connectivity index (χ2n) is 14.7. The van der Waals surface area contributed by atoms with Crippen LogP contribution in [0.1, 0.15) is 22.2 Å². The van der Waals surface area contributed by atoms with Crippen molar-refractivity contribution in [2.75, 3.05) is 5.32 Å². The first-order valence-corrected chi connectivity index (χ1v) is 20.1. The zero-order valence-corrected chi connectivity index (χ0v) is 31.5. The molecule has 4 nitrogen and oxygen atoms in total. The lowest BCUT2D eigenvalue weighted by molar-refractivity contribution is 0.670. The number of hydrogen-bond donors (Lipinski definition) is 1. The van der Waals surface area contributed by atoms with Gasteiger partial charge in [-0.3, -0.25) is 4.99 Å². The number of hydrogen-bond acceptors (Lipinski definition) is 4. The highest BCUT2D eigenvalue weighted by molar-refractivity contribution is 7.22. The van der Waals surface area contributed by atoms with Crippen LogP contribution < -0.4 is 5.32 Å². The number of thiophene rings is 1. The van der Waals surface area contributed by atoms with E-state index in [1.54, 1.807) is 11.3 Å². The molecule has 1 aliphatic rings. The maximum atomic E-state index is 6.88. The van der Waals surface area contributed by atoms with E-state index in [1.165, 1.54) is 37.5 Å². The second kappa shape index (κ2) is 12.7. The van der Waals surface area contributed by atoms with Crippen molar-refractivity contribution in [1.82, 2.24) is 4.57 Å². The van der Waals surface area contributed by atoms with Gasteiger partial charge in [-0.25, -0.2) is 0 Å². The van der Waals surface area contributed by atoms with E-state index in [9.17, 15) is 0 Å². The van der Waals surface area contributed by atoms with Crippen LogP contribution >= 0.6 is 11.3 Å². The van der Waals surface area contributed by atoms with Gasteiger partial charge in [0.2, 0.25) is 0 Å². The number of nitrogens with one attached hydrogen (secondary N) is 1. The molecular weight excluding hydrogens is 715 g/mol. The molecule has 57 heavy (non-hydrogen) atoms. The van der Waals surface area contributed by atoms with E-state index in [0.29, 0.717) is 0 Å². The van der Waals surface area contributed by atoms with Crippen LogP contribution in [0.4, 0.5) is 5.69 Å². The van der Waals surface area contributed by atoms with Crippen molar-refractivity contribution in [3.05, 3.63) is 204 Å². The van der Waals surface area contributed by atoms with Crippen molar-refractivity contribution in [3.8, 4) is 27.9 Å². The first kappa shape index (κ1) is 32.1. The lowest BCUT2D eigenvalue weighted by atomic mass is 9.93. The number of anilines is 1. The molecule has 1 atom stereocenters. The predicted octanol–water partition coefficient (Wildman–Crippen LogP) is 14.2. The van der Waals surface area contributed by atoms with Crippen LogP contribution in [0.2, 0.25) is 0 Å². The van der Waals surface area contributed by atoms with Gasteiger partial charge in [-0.1, -0.05) is 133 Å². The lowest BCUT2D eigenvalue weighted by Crippen LogP contribution is -2.19. The summed E-state index contributed by atoms with van der Waals surface area (Å²) in [5.74, 6) is 0. The maximum absolute atomic E-state index is 6.88.